The molecule has 30 heavy (non-hydrogen) atoms. The Morgan fingerprint density at radius 2 is 1.87 bits per heavy atom. The van der Waals surface area contributed by atoms with Crippen molar-refractivity contribution in [1.29, 1.82) is 5.26 Å². The van der Waals surface area contributed by atoms with E-state index in [9.17, 15) is 5.26 Å². The minimum atomic E-state index is 0.562. The van der Waals surface area contributed by atoms with Crippen LogP contribution in [-0.4, -0.2) is 23.2 Å². The van der Waals surface area contributed by atoms with Crippen molar-refractivity contribution in [2.75, 3.05) is 23.7 Å². The van der Waals surface area contributed by atoms with Gasteiger partial charge >= 0.3 is 0 Å². The summed E-state index contributed by atoms with van der Waals surface area (Å²) in [4.78, 5) is 4.72. The van der Waals surface area contributed by atoms with Crippen molar-refractivity contribution in [2.24, 2.45) is 0 Å². The number of aromatic nitrogens is 1. The summed E-state index contributed by atoms with van der Waals surface area (Å²) in [5, 5.41) is 20.8. The number of anilines is 2. The third kappa shape index (κ3) is 5.25. The molecule has 3 aromatic rings. The molecule has 0 aliphatic carbocycles. The lowest BCUT2D eigenvalue weighted by atomic mass is 10.0. The number of aryl methyl sites for hydroxylation is 3. The normalized spacial score (nSPS) is 10.5. The van der Waals surface area contributed by atoms with Crippen LogP contribution in [0.25, 0.3) is 10.9 Å². The van der Waals surface area contributed by atoms with Crippen LogP contribution >= 0.6 is 12.2 Å². The molecule has 0 atom stereocenters. The van der Waals surface area contributed by atoms with Gasteiger partial charge in [-0.05, 0) is 73.8 Å². The Morgan fingerprint density at radius 3 is 2.57 bits per heavy atom. The number of hydrogen-bond acceptors (Lipinski definition) is 4. The molecule has 0 amide bonds. The number of hydrogen-bond donors (Lipinski definition) is 3. The summed E-state index contributed by atoms with van der Waals surface area (Å²) < 4.78 is 0. The van der Waals surface area contributed by atoms with Crippen molar-refractivity contribution in [3.8, 4) is 6.07 Å². The summed E-state index contributed by atoms with van der Waals surface area (Å²) in [5.41, 5.74) is 6.12. The number of nitrogens with zero attached hydrogens (tertiary/aromatic N) is 2. The largest absolute Gasteiger partial charge is 0.369 e. The molecule has 0 radical (unpaired) electrons. The minimum Gasteiger partial charge on any atom is -0.369 e. The standard InChI is InChI=1S/C24H27N5S/c1-4-18-7-10-21(11-8-18)28-24(30)27-13-5-12-26-23-20(15-25)14-19-9-6-16(2)17(3)22(19)29-23/h6-11,14H,4-5,12-13H2,1-3H3,(H,26,29)(H2,27,28,30). The molecule has 1 heterocycles. The Hall–Kier alpha value is -3.17. The van der Waals surface area contributed by atoms with E-state index in [0.29, 0.717) is 23.0 Å². The highest BCUT2D eigenvalue weighted by molar-refractivity contribution is 7.80. The summed E-state index contributed by atoms with van der Waals surface area (Å²) in [6, 6.07) is 16.5. The van der Waals surface area contributed by atoms with Gasteiger partial charge in [0.15, 0.2) is 5.11 Å². The topological polar surface area (TPSA) is 72.8 Å². The zero-order chi connectivity index (χ0) is 21.5. The maximum absolute atomic E-state index is 9.48. The summed E-state index contributed by atoms with van der Waals surface area (Å²) in [5.74, 6) is 0.635. The molecule has 6 heteroatoms. The van der Waals surface area contributed by atoms with Crippen LogP contribution in [0.1, 0.15) is 35.6 Å². The van der Waals surface area contributed by atoms with Crippen molar-refractivity contribution in [2.45, 2.75) is 33.6 Å². The predicted octanol–water partition coefficient (Wildman–Crippen LogP) is 5.07. The Balaban J connectivity index is 1.51. The molecule has 154 valence electrons. The summed E-state index contributed by atoms with van der Waals surface area (Å²) >= 11 is 5.36. The van der Waals surface area contributed by atoms with Gasteiger partial charge in [0.25, 0.3) is 0 Å². The van der Waals surface area contributed by atoms with Crippen LogP contribution in [0.4, 0.5) is 11.5 Å². The molecule has 3 rings (SSSR count). The van der Waals surface area contributed by atoms with Gasteiger partial charge in [-0.25, -0.2) is 4.98 Å². The van der Waals surface area contributed by atoms with Gasteiger partial charge in [-0.2, -0.15) is 5.26 Å². The van der Waals surface area contributed by atoms with Crippen molar-refractivity contribution >= 4 is 39.7 Å². The lowest BCUT2D eigenvalue weighted by Gasteiger charge is -2.13. The van der Waals surface area contributed by atoms with E-state index in [1.165, 1.54) is 11.1 Å². The fraction of sp³-hybridized carbons (Fsp3) is 0.292. The molecule has 0 fully saturated rings. The summed E-state index contributed by atoms with van der Waals surface area (Å²) in [7, 11) is 0. The highest BCUT2D eigenvalue weighted by Crippen LogP contribution is 2.24. The SMILES string of the molecule is CCc1ccc(NC(=S)NCCCNc2nc3c(C)c(C)ccc3cc2C#N)cc1. The van der Waals surface area contributed by atoms with Crippen molar-refractivity contribution < 1.29 is 0 Å². The molecule has 1 aromatic heterocycles. The zero-order valence-electron chi connectivity index (χ0n) is 17.7. The molecular weight excluding hydrogens is 390 g/mol. The molecule has 0 spiro atoms. The van der Waals surface area contributed by atoms with Crippen molar-refractivity contribution in [1.82, 2.24) is 10.3 Å². The van der Waals surface area contributed by atoms with Crippen molar-refractivity contribution in [3.05, 3.63) is 64.7 Å². The van der Waals surface area contributed by atoms with E-state index in [2.05, 4.69) is 61.0 Å². The maximum Gasteiger partial charge on any atom is 0.170 e. The number of nitrogens with one attached hydrogen (secondary N) is 3. The summed E-state index contributed by atoms with van der Waals surface area (Å²) in [6.45, 7) is 7.69. The third-order valence-electron chi connectivity index (χ3n) is 5.18. The van der Waals surface area contributed by atoms with Crippen LogP contribution in [-0.2, 0) is 6.42 Å². The first-order valence-corrected chi connectivity index (χ1v) is 10.6. The molecule has 0 aliphatic rings. The second kappa shape index (κ2) is 10.0. The van der Waals surface area contributed by atoms with E-state index >= 15 is 0 Å². The van der Waals surface area contributed by atoms with E-state index in [4.69, 9.17) is 17.2 Å². The molecule has 2 aromatic carbocycles. The van der Waals surface area contributed by atoms with Crippen LogP contribution in [0.2, 0.25) is 0 Å². The molecule has 5 nitrogen and oxygen atoms in total. The number of rotatable bonds is 7. The predicted molar refractivity (Wildman–Crippen MR) is 129 cm³/mol. The second-order valence-corrected chi connectivity index (χ2v) is 7.70. The zero-order valence-corrected chi connectivity index (χ0v) is 18.5. The Bertz CT molecular complexity index is 1080. The van der Waals surface area contributed by atoms with E-state index in [1.807, 2.05) is 24.3 Å². The molecule has 0 saturated heterocycles. The first kappa shape index (κ1) is 21.5. The average Bonchev–Trinajstić information content (AvgIpc) is 2.76. The van der Waals surface area contributed by atoms with Gasteiger partial charge in [-0.15, -0.1) is 0 Å². The Kier molecular flexibility index (Phi) is 7.21. The molecule has 0 saturated carbocycles. The quantitative estimate of drug-likeness (QED) is 0.368. The monoisotopic (exact) mass is 417 g/mol. The van der Waals surface area contributed by atoms with Gasteiger partial charge in [0.05, 0.1) is 11.1 Å². The summed E-state index contributed by atoms with van der Waals surface area (Å²) in [6.07, 6.45) is 1.86. The molecule has 3 N–H and O–H groups in total. The first-order chi connectivity index (χ1) is 14.5. The van der Waals surface area contributed by atoms with Gasteiger partial charge in [0, 0.05) is 24.2 Å². The second-order valence-electron chi connectivity index (χ2n) is 7.29. The first-order valence-electron chi connectivity index (χ1n) is 10.2. The highest BCUT2D eigenvalue weighted by atomic mass is 32.1. The van der Waals surface area contributed by atoms with Crippen molar-refractivity contribution in [3.63, 3.8) is 0 Å². The molecule has 0 bridgehead atoms. The van der Waals surface area contributed by atoms with E-state index in [1.54, 1.807) is 0 Å². The van der Waals surface area contributed by atoms with E-state index in [0.717, 1.165) is 41.5 Å². The molecular formula is C24H27N5S. The Labute approximate surface area is 183 Å². The van der Waals surface area contributed by atoms with Crippen LogP contribution < -0.4 is 16.0 Å². The van der Waals surface area contributed by atoms with Gasteiger partial charge in [-0.3, -0.25) is 0 Å². The van der Waals surface area contributed by atoms with E-state index < -0.39 is 0 Å². The van der Waals surface area contributed by atoms with E-state index in [-0.39, 0.29) is 0 Å². The van der Waals surface area contributed by atoms with Crippen LogP contribution in [0, 0.1) is 25.2 Å². The lowest BCUT2D eigenvalue weighted by Crippen LogP contribution is -2.30. The van der Waals surface area contributed by atoms with Crippen LogP contribution in [0.5, 0.6) is 0 Å². The maximum atomic E-state index is 9.48. The van der Waals surface area contributed by atoms with Crippen LogP contribution in [0.3, 0.4) is 0 Å². The van der Waals surface area contributed by atoms with Gasteiger partial charge in [0.1, 0.15) is 11.9 Å². The van der Waals surface area contributed by atoms with Gasteiger partial charge < -0.3 is 16.0 Å². The smallest absolute Gasteiger partial charge is 0.170 e. The Morgan fingerprint density at radius 1 is 1.10 bits per heavy atom. The number of nitriles is 1. The lowest BCUT2D eigenvalue weighted by molar-refractivity contribution is 0.807. The number of fused-ring (bicyclic) bond motifs is 1. The van der Waals surface area contributed by atoms with Gasteiger partial charge in [0.2, 0.25) is 0 Å². The molecule has 0 aliphatic heterocycles. The molecule has 0 unspecified atom stereocenters. The number of thiocarbonyl (C=S) groups is 1. The third-order valence-corrected chi connectivity index (χ3v) is 5.43. The highest BCUT2D eigenvalue weighted by Gasteiger charge is 2.09. The van der Waals surface area contributed by atoms with Crippen LogP contribution in [0.15, 0.2) is 42.5 Å². The minimum absolute atomic E-state index is 0.562. The fourth-order valence-electron chi connectivity index (χ4n) is 3.20. The average molecular weight is 418 g/mol. The number of pyridine rings is 1. The number of benzene rings is 2. The fourth-order valence-corrected chi connectivity index (χ4v) is 3.42. The van der Waals surface area contributed by atoms with Gasteiger partial charge in [-0.1, -0.05) is 31.2 Å².